The summed E-state index contributed by atoms with van der Waals surface area (Å²) >= 11 is 0. The van der Waals surface area contributed by atoms with E-state index in [1.165, 1.54) is 12.1 Å². The molecule has 3 N–H and O–H groups in total. The van der Waals surface area contributed by atoms with Crippen molar-refractivity contribution < 1.29 is 9.90 Å². The first kappa shape index (κ1) is 10.4. The highest BCUT2D eigenvalue weighted by Gasteiger charge is 1.99. The van der Waals surface area contributed by atoms with E-state index >= 15 is 0 Å². The number of nitrogens with one attached hydrogen (secondary N) is 2. The number of hydrogen-bond acceptors (Lipinski definition) is 2. The molecule has 14 heavy (non-hydrogen) atoms. The predicted molar refractivity (Wildman–Crippen MR) is 55.4 cm³/mol. The van der Waals surface area contributed by atoms with Crippen molar-refractivity contribution in [3.8, 4) is 5.75 Å². The Morgan fingerprint density at radius 3 is 2.57 bits per heavy atom. The van der Waals surface area contributed by atoms with E-state index in [0.29, 0.717) is 12.2 Å². The number of urea groups is 1. The zero-order chi connectivity index (χ0) is 10.4. The second-order valence-corrected chi connectivity index (χ2v) is 2.93. The molecule has 0 heterocycles. The molecule has 4 nitrogen and oxygen atoms in total. The summed E-state index contributed by atoms with van der Waals surface area (Å²) in [6.07, 6.45) is 0.906. The van der Waals surface area contributed by atoms with E-state index in [2.05, 4.69) is 10.6 Å². The SMILES string of the molecule is CCCNC(=O)Nc1ccc(O)cc1. The van der Waals surface area contributed by atoms with Crippen molar-refractivity contribution >= 4 is 11.7 Å². The van der Waals surface area contributed by atoms with Gasteiger partial charge in [-0.3, -0.25) is 0 Å². The molecule has 1 rings (SSSR count). The van der Waals surface area contributed by atoms with Gasteiger partial charge in [0.15, 0.2) is 0 Å². The summed E-state index contributed by atoms with van der Waals surface area (Å²) in [6.45, 7) is 2.64. The fourth-order valence-corrected chi connectivity index (χ4v) is 0.959. The number of anilines is 1. The third-order valence-electron chi connectivity index (χ3n) is 1.66. The number of carbonyl (C=O) groups is 1. The Labute approximate surface area is 82.9 Å². The van der Waals surface area contributed by atoms with Gasteiger partial charge in [0.05, 0.1) is 0 Å². The van der Waals surface area contributed by atoms with E-state index in [1.54, 1.807) is 12.1 Å². The smallest absolute Gasteiger partial charge is 0.319 e. The molecule has 1 aromatic rings. The first-order valence-corrected chi connectivity index (χ1v) is 4.56. The highest BCUT2D eigenvalue weighted by molar-refractivity contribution is 5.89. The number of carbonyl (C=O) groups excluding carboxylic acids is 1. The van der Waals surface area contributed by atoms with E-state index in [1.807, 2.05) is 6.92 Å². The van der Waals surface area contributed by atoms with Crippen molar-refractivity contribution in [1.29, 1.82) is 0 Å². The van der Waals surface area contributed by atoms with Crippen LogP contribution in [0.3, 0.4) is 0 Å². The van der Waals surface area contributed by atoms with Crippen molar-refractivity contribution in [3.63, 3.8) is 0 Å². The van der Waals surface area contributed by atoms with Crippen molar-refractivity contribution in [3.05, 3.63) is 24.3 Å². The number of benzene rings is 1. The van der Waals surface area contributed by atoms with Crippen LogP contribution in [0.25, 0.3) is 0 Å². The molecule has 0 aliphatic rings. The third kappa shape index (κ3) is 3.35. The van der Waals surface area contributed by atoms with Crippen LogP contribution in [0.1, 0.15) is 13.3 Å². The maximum atomic E-state index is 11.2. The van der Waals surface area contributed by atoms with Gasteiger partial charge in [-0.15, -0.1) is 0 Å². The van der Waals surface area contributed by atoms with Crippen LogP contribution in [-0.4, -0.2) is 17.7 Å². The summed E-state index contributed by atoms with van der Waals surface area (Å²) in [5, 5.41) is 14.3. The van der Waals surface area contributed by atoms with Crippen LogP contribution in [0.2, 0.25) is 0 Å². The Morgan fingerprint density at radius 2 is 2.00 bits per heavy atom. The average molecular weight is 194 g/mol. The molecule has 0 unspecified atom stereocenters. The van der Waals surface area contributed by atoms with Crippen molar-refractivity contribution in [2.45, 2.75) is 13.3 Å². The highest BCUT2D eigenvalue weighted by atomic mass is 16.3. The molecule has 4 heteroatoms. The number of phenols is 1. The minimum absolute atomic E-state index is 0.185. The second kappa shape index (κ2) is 5.11. The van der Waals surface area contributed by atoms with E-state index in [9.17, 15) is 4.79 Å². The van der Waals surface area contributed by atoms with Gasteiger partial charge in [-0.1, -0.05) is 6.92 Å². The Bertz CT molecular complexity index is 295. The molecule has 0 saturated carbocycles. The van der Waals surface area contributed by atoms with Crippen LogP contribution in [0.5, 0.6) is 5.75 Å². The molecule has 76 valence electrons. The largest absolute Gasteiger partial charge is 0.508 e. The van der Waals surface area contributed by atoms with Gasteiger partial charge in [0.2, 0.25) is 0 Å². The lowest BCUT2D eigenvalue weighted by atomic mass is 10.3. The van der Waals surface area contributed by atoms with Gasteiger partial charge in [0.25, 0.3) is 0 Å². The normalized spacial score (nSPS) is 9.50. The van der Waals surface area contributed by atoms with Gasteiger partial charge in [0, 0.05) is 12.2 Å². The summed E-state index contributed by atoms with van der Waals surface area (Å²) < 4.78 is 0. The van der Waals surface area contributed by atoms with Crippen molar-refractivity contribution in [1.82, 2.24) is 5.32 Å². The van der Waals surface area contributed by atoms with E-state index in [0.717, 1.165) is 6.42 Å². The number of aromatic hydroxyl groups is 1. The molecule has 0 bridgehead atoms. The van der Waals surface area contributed by atoms with E-state index in [4.69, 9.17) is 5.11 Å². The first-order chi connectivity index (χ1) is 6.72. The summed E-state index contributed by atoms with van der Waals surface area (Å²) in [6, 6.07) is 6.10. The van der Waals surface area contributed by atoms with Crippen LogP contribution in [0, 0.1) is 0 Å². The number of phenolic OH excluding ortho intramolecular Hbond substituents is 1. The van der Waals surface area contributed by atoms with Gasteiger partial charge >= 0.3 is 6.03 Å². The summed E-state index contributed by atoms with van der Waals surface area (Å²) in [5.41, 5.74) is 0.663. The number of amides is 2. The molecule has 0 radical (unpaired) electrons. The molecule has 0 aromatic heterocycles. The zero-order valence-electron chi connectivity index (χ0n) is 8.08. The lowest BCUT2D eigenvalue weighted by Crippen LogP contribution is -2.29. The topological polar surface area (TPSA) is 61.4 Å². The van der Waals surface area contributed by atoms with Crippen LogP contribution in [0.4, 0.5) is 10.5 Å². The molecule has 0 fully saturated rings. The van der Waals surface area contributed by atoms with Crippen LogP contribution in [0.15, 0.2) is 24.3 Å². The van der Waals surface area contributed by atoms with Crippen LogP contribution in [-0.2, 0) is 0 Å². The van der Waals surface area contributed by atoms with E-state index < -0.39 is 0 Å². The fraction of sp³-hybridized carbons (Fsp3) is 0.300. The molecule has 0 atom stereocenters. The molecule has 0 saturated heterocycles. The van der Waals surface area contributed by atoms with Crippen molar-refractivity contribution in [2.75, 3.05) is 11.9 Å². The molecule has 2 amide bonds. The Balaban J connectivity index is 2.44. The first-order valence-electron chi connectivity index (χ1n) is 4.56. The minimum Gasteiger partial charge on any atom is -0.508 e. The standard InChI is InChI=1S/C10H14N2O2/c1-2-7-11-10(14)12-8-3-5-9(13)6-4-8/h3-6,13H,2,7H2,1H3,(H2,11,12,14). The minimum atomic E-state index is -0.225. The quantitative estimate of drug-likeness (QED) is 0.644. The lowest BCUT2D eigenvalue weighted by molar-refractivity contribution is 0.252. The maximum absolute atomic E-state index is 11.2. The van der Waals surface area contributed by atoms with E-state index in [-0.39, 0.29) is 11.8 Å². The molecular weight excluding hydrogens is 180 g/mol. The van der Waals surface area contributed by atoms with Gasteiger partial charge in [0.1, 0.15) is 5.75 Å². The van der Waals surface area contributed by atoms with Crippen LogP contribution < -0.4 is 10.6 Å². The Morgan fingerprint density at radius 1 is 1.36 bits per heavy atom. The maximum Gasteiger partial charge on any atom is 0.319 e. The Kier molecular flexibility index (Phi) is 3.79. The summed E-state index contributed by atoms with van der Waals surface area (Å²) in [4.78, 5) is 11.2. The highest BCUT2D eigenvalue weighted by Crippen LogP contribution is 2.13. The fourth-order valence-electron chi connectivity index (χ4n) is 0.959. The summed E-state index contributed by atoms with van der Waals surface area (Å²) in [5.74, 6) is 0.185. The van der Waals surface area contributed by atoms with Gasteiger partial charge in [-0.25, -0.2) is 4.79 Å². The van der Waals surface area contributed by atoms with Gasteiger partial charge in [-0.2, -0.15) is 0 Å². The lowest BCUT2D eigenvalue weighted by Gasteiger charge is -2.06. The average Bonchev–Trinajstić information content (AvgIpc) is 2.18. The predicted octanol–water partition coefficient (Wildman–Crippen LogP) is 1.92. The number of rotatable bonds is 3. The molecule has 0 aliphatic carbocycles. The van der Waals surface area contributed by atoms with Crippen molar-refractivity contribution in [2.24, 2.45) is 0 Å². The zero-order valence-corrected chi connectivity index (χ0v) is 8.08. The van der Waals surface area contributed by atoms with Gasteiger partial charge < -0.3 is 15.7 Å². The second-order valence-electron chi connectivity index (χ2n) is 2.93. The number of hydrogen-bond donors (Lipinski definition) is 3. The molecule has 0 spiro atoms. The monoisotopic (exact) mass is 194 g/mol. The molecule has 1 aromatic carbocycles. The van der Waals surface area contributed by atoms with Crippen LogP contribution >= 0.6 is 0 Å². The Hall–Kier alpha value is -1.71. The summed E-state index contributed by atoms with van der Waals surface area (Å²) in [7, 11) is 0. The third-order valence-corrected chi connectivity index (χ3v) is 1.66. The molecular formula is C10H14N2O2. The molecule has 0 aliphatic heterocycles. The van der Waals surface area contributed by atoms with Gasteiger partial charge in [-0.05, 0) is 30.7 Å².